The first-order valence-corrected chi connectivity index (χ1v) is 8.75. The maximum Gasteiger partial charge on any atom is 0.198 e. The van der Waals surface area contributed by atoms with E-state index in [1.807, 2.05) is 12.1 Å². The van der Waals surface area contributed by atoms with Crippen LogP contribution in [0.4, 0.5) is 5.69 Å². The number of aliphatic imine (C=N–C) groups is 1. The summed E-state index contributed by atoms with van der Waals surface area (Å²) in [5.74, 6) is 1.26. The van der Waals surface area contributed by atoms with E-state index in [9.17, 15) is 5.11 Å². The molecule has 23 heavy (non-hydrogen) atoms. The lowest BCUT2D eigenvalue weighted by atomic mass is 10.1. The zero-order chi connectivity index (χ0) is 16.2. The van der Waals surface area contributed by atoms with Crippen molar-refractivity contribution in [1.82, 2.24) is 10.2 Å². The van der Waals surface area contributed by atoms with Crippen molar-refractivity contribution >= 4 is 11.6 Å². The summed E-state index contributed by atoms with van der Waals surface area (Å²) in [6.45, 7) is 6.36. The molecule has 0 radical (unpaired) electrons. The summed E-state index contributed by atoms with van der Waals surface area (Å²) in [5, 5.41) is 16.5. The van der Waals surface area contributed by atoms with Gasteiger partial charge >= 0.3 is 0 Å². The molecular formula is C18H28N4O. The van der Waals surface area contributed by atoms with E-state index >= 15 is 0 Å². The van der Waals surface area contributed by atoms with Crippen LogP contribution in [0.15, 0.2) is 29.3 Å². The normalized spacial score (nSPS) is 26.5. The SMILES string of the molecule is CC1CN(C(=NC2CCCC2)Nc2ccc(O)cc2)CC(C)N1. The molecule has 3 N–H and O–H groups in total. The molecule has 3 rings (SSSR count). The molecule has 5 heteroatoms. The average molecular weight is 316 g/mol. The molecule has 2 aliphatic rings. The van der Waals surface area contributed by atoms with Gasteiger partial charge < -0.3 is 20.6 Å². The van der Waals surface area contributed by atoms with Crippen LogP contribution < -0.4 is 10.6 Å². The van der Waals surface area contributed by atoms with Crippen molar-refractivity contribution in [3.63, 3.8) is 0 Å². The first-order chi connectivity index (χ1) is 11.1. The number of nitrogens with zero attached hydrogens (tertiary/aromatic N) is 2. The lowest BCUT2D eigenvalue weighted by Crippen LogP contribution is -2.57. The van der Waals surface area contributed by atoms with Gasteiger partial charge in [0.1, 0.15) is 5.75 Å². The van der Waals surface area contributed by atoms with E-state index in [1.54, 1.807) is 12.1 Å². The quantitative estimate of drug-likeness (QED) is 0.446. The topological polar surface area (TPSA) is 59.9 Å². The molecule has 2 atom stereocenters. The Hall–Kier alpha value is -1.75. The summed E-state index contributed by atoms with van der Waals surface area (Å²) in [5.41, 5.74) is 0.971. The van der Waals surface area contributed by atoms with Crippen molar-refractivity contribution < 1.29 is 5.11 Å². The highest BCUT2D eigenvalue weighted by Crippen LogP contribution is 2.22. The second-order valence-electron chi connectivity index (χ2n) is 6.94. The number of anilines is 1. The highest BCUT2D eigenvalue weighted by molar-refractivity contribution is 5.94. The summed E-state index contributed by atoms with van der Waals surface area (Å²) in [4.78, 5) is 7.39. The highest BCUT2D eigenvalue weighted by atomic mass is 16.3. The molecule has 1 aromatic rings. The number of hydrogen-bond donors (Lipinski definition) is 3. The second-order valence-corrected chi connectivity index (χ2v) is 6.94. The van der Waals surface area contributed by atoms with E-state index < -0.39 is 0 Å². The number of nitrogens with one attached hydrogen (secondary N) is 2. The van der Waals surface area contributed by atoms with Gasteiger partial charge in [0.05, 0.1) is 6.04 Å². The molecule has 0 aromatic heterocycles. The highest BCUT2D eigenvalue weighted by Gasteiger charge is 2.25. The van der Waals surface area contributed by atoms with Gasteiger partial charge in [-0.2, -0.15) is 0 Å². The first kappa shape index (κ1) is 16.1. The fraction of sp³-hybridized carbons (Fsp3) is 0.611. The Bertz CT molecular complexity index is 526. The average Bonchev–Trinajstić information content (AvgIpc) is 3.01. The molecule has 1 heterocycles. The predicted molar refractivity (Wildman–Crippen MR) is 95.1 cm³/mol. The van der Waals surface area contributed by atoms with Crippen molar-refractivity contribution in [3.8, 4) is 5.75 Å². The number of phenols is 1. The smallest absolute Gasteiger partial charge is 0.198 e. The van der Waals surface area contributed by atoms with Crippen LogP contribution in [0.5, 0.6) is 5.75 Å². The fourth-order valence-corrected chi connectivity index (χ4v) is 3.57. The second kappa shape index (κ2) is 7.21. The zero-order valence-electron chi connectivity index (χ0n) is 14.1. The number of guanidine groups is 1. The Labute approximate surface area is 138 Å². The van der Waals surface area contributed by atoms with E-state index in [0.29, 0.717) is 18.1 Å². The number of phenolic OH excluding ortho intramolecular Hbond substituents is 1. The monoisotopic (exact) mass is 316 g/mol. The molecule has 2 unspecified atom stereocenters. The van der Waals surface area contributed by atoms with Crippen LogP contribution in [0.25, 0.3) is 0 Å². The standard InChI is InChI=1S/C18H28N4O/c1-13-11-22(12-14(2)19-13)18(20-15-5-3-4-6-15)21-16-7-9-17(23)10-8-16/h7-10,13-15,19,23H,3-6,11-12H2,1-2H3,(H,20,21). The molecule has 1 saturated carbocycles. The summed E-state index contributed by atoms with van der Waals surface area (Å²) < 4.78 is 0. The molecule has 0 bridgehead atoms. The lowest BCUT2D eigenvalue weighted by Gasteiger charge is -2.38. The molecule has 0 spiro atoms. The largest absolute Gasteiger partial charge is 0.508 e. The van der Waals surface area contributed by atoms with Crippen molar-refractivity contribution in [2.45, 2.75) is 57.7 Å². The molecule has 1 aromatic carbocycles. The third-order valence-corrected chi connectivity index (χ3v) is 4.61. The van der Waals surface area contributed by atoms with Gasteiger partial charge in [0.25, 0.3) is 0 Å². The van der Waals surface area contributed by atoms with Crippen LogP contribution in [0.1, 0.15) is 39.5 Å². The van der Waals surface area contributed by atoms with Crippen LogP contribution in [0.2, 0.25) is 0 Å². The Kier molecular flexibility index (Phi) is 5.06. The zero-order valence-corrected chi connectivity index (χ0v) is 14.1. The van der Waals surface area contributed by atoms with Gasteiger partial charge in [-0.05, 0) is 51.0 Å². The van der Waals surface area contributed by atoms with Gasteiger partial charge in [-0.25, -0.2) is 4.99 Å². The van der Waals surface area contributed by atoms with E-state index in [0.717, 1.165) is 24.7 Å². The Balaban J connectivity index is 1.79. The number of aromatic hydroxyl groups is 1. The molecule has 5 nitrogen and oxygen atoms in total. The maximum absolute atomic E-state index is 9.46. The molecular weight excluding hydrogens is 288 g/mol. The maximum atomic E-state index is 9.46. The summed E-state index contributed by atoms with van der Waals surface area (Å²) in [6, 6.07) is 8.55. The van der Waals surface area contributed by atoms with Crippen LogP contribution in [-0.2, 0) is 0 Å². The molecule has 2 fully saturated rings. The van der Waals surface area contributed by atoms with E-state index in [1.165, 1.54) is 25.7 Å². The van der Waals surface area contributed by atoms with Gasteiger partial charge in [0.2, 0.25) is 0 Å². The summed E-state index contributed by atoms with van der Waals surface area (Å²) >= 11 is 0. The summed E-state index contributed by atoms with van der Waals surface area (Å²) in [6.07, 6.45) is 4.96. The summed E-state index contributed by atoms with van der Waals surface area (Å²) in [7, 11) is 0. The number of piperazine rings is 1. The molecule has 1 aliphatic carbocycles. The first-order valence-electron chi connectivity index (χ1n) is 8.75. The molecule has 1 aliphatic heterocycles. The molecule has 0 amide bonds. The minimum absolute atomic E-state index is 0.286. The van der Waals surface area contributed by atoms with Crippen LogP contribution in [0.3, 0.4) is 0 Å². The number of hydrogen-bond acceptors (Lipinski definition) is 3. The van der Waals surface area contributed by atoms with Crippen LogP contribution in [-0.4, -0.2) is 47.2 Å². The third-order valence-electron chi connectivity index (χ3n) is 4.61. The lowest BCUT2D eigenvalue weighted by molar-refractivity contribution is 0.253. The van der Waals surface area contributed by atoms with Gasteiger partial charge in [0.15, 0.2) is 5.96 Å². The number of rotatable bonds is 2. The molecule has 126 valence electrons. The van der Waals surface area contributed by atoms with Crippen molar-refractivity contribution in [1.29, 1.82) is 0 Å². The Morgan fingerprint density at radius 3 is 2.35 bits per heavy atom. The van der Waals surface area contributed by atoms with E-state index in [2.05, 4.69) is 29.4 Å². The van der Waals surface area contributed by atoms with Crippen LogP contribution in [0, 0.1) is 0 Å². The molecule has 1 saturated heterocycles. The van der Waals surface area contributed by atoms with Gasteiger partial charge in [0, 0.05) is 30.9 Å². The van der Waals surface area contributed by atoms with E-state index in [-0.39, 0.29) is 5.75 Å². The minimum Gasteiger partial charge on any atom is -0.508 e. The van der Waals surface area contributed by atoms with Gasteiger partial charge in [-0.15, -0.1) is 0 Å². The van der Waals surface area contributed by atoms with Crippen LogP contribution >= 0.6 is 0 Å². The number of benzene rings is 1. The Morgan fingerprint density at radius 2 is 1.74 bits per heavy atom. The Morgan fingerprint density at radius 1 is 1.13 bits per heavy atom. The predicted octanol–water partition coefficient (Wildman–Crippen LogP) is 2.78. The van der Waals surface area contributed by atoms with Crippen molar-refractivity contribution in [2.24, 2.45) is 4.99 Å². The minimum atomic E-state index is 0.286. The third kappa shape index (κ3) is 4.38. The fourth-order valence-electron chi connectivity index (χ4n) is 3.57. The van der Waals surface area contributed by atoms with Crippen molar-refractivity contribution in [3.05, 3.63) is 24.3 Å². The van der Waals surface area contributed by atoms with Crippen molar-refractivity contribution in [2.75, 3.05) is 18.4 Å². The van der Waals surface area contributed by atoms with E-state index in [4.69, 9.17) is 4.99 Å². The van der Waals surface area contributed by atoms with Gasteiger partial charge in [-0.1, -0.05) is 12.8 Å². The van der Waals surface area contributed by atoms with Gasteiger partial charge in [-0.3, -0.25) is 0 Å².